The van der Waals surface area contributed by atoms with Crippen LogP contribution in [0.3, 0.4) is 0 Å². The number of hydrogen-bond donors (Lipinski definition) is 0. The summed E-state index contributed by atoms with van der Waals surface area (Å²) in [6.07, 6.45) is 7.72. The maximum absolute atomic E-state index is 9.58. The van der Waals surface area contributed by atoms with Crippen LogP contribution in [0.4, 0.5) is 0 Å². The van der Waals surface area contributed by atoms with Crippen LogP contribution in [-0.2, 0) is 6.54 Å². The van der Waals surface area contributed by atoms with E-state index in [4.69, 9.17) is 0 Å². The van der Waals surface area contributed by atoms with Crippen molar-refractivity contribution < 1.29 is 0 Å². The van der Waals surface area contributed by atoms with Gasteiger partial charge in [0.25, 0.3) is 0 Å². The Morgan fingerprint density at radius 2 is 1.93 bits per heavy atom. The second kappa shape index (κ2) is 7.47. The molecule has 2 aromatic carbocycles. The molecule has 4 aromatic rings. The molecule has 0 aliphatic heterocycles. The first kappa shape index (κ1) is 17.1. The van der Waals surface area contributed by atoms with Crippen molar-refractivity contribution in [3.8, 4) is 6.07 Å². The number of nitrogens with zero attached hydrogens (tertiary/aromatic N) is 3. The molecule has 2 aromatic heterocycles. The van der Waals surface area contributed by atoms with Gasteiger partial charge in [-0.1, -0.05) is 43.7 Å². The molecule has 3 heteroatoms. The van der Waals surface area contributed by atoms with E-state index in [1.54, 1.807) is 12.4 Å². The van der Waals surface area contributed by atoms with Crippen molar-refractivity contribution in [3.05, 3.63) is 78.1 Å². The minimum atomic E-state index is 0.622. The molecule has 0 radical (unpaired) electrons. The Hall–Kier alpha value is -3.38. The summed E-state index contributed by atoms with van der Waals surface area (Å²) >= 11 is 0. The van der Waals surface area contributed by atoms with E-state index in [1.807, 2.05) is 18.2 Å². The number of aromatic nitrogens is 2. The largest absolute Gasteiger partial charge is 0.340 e. The molecule has 3 nitrogen and oxygen atoms in total. The second-order valence-corrected chi connectivity index (χ2v) is 6.71. The van der Waals surface area contributed by atoms with Crippen LogP contribution in [0.1, 0.15) is 30.9 Å². The van der Waals surface area contributed by atoms with Crippen LogP contribution < -0.4 is 0 Å². The number of pyridine rings is 1. The first-order valence-corrected chi connectivity index (χ1v) is 9.35. The average molecular weight is 351 g/mol. The molecule has 27 heavy (non-hydrogen) atoms. The normalized spacial score (nSPS) is 11.8. The number of benzene rings is 2. The summed E-state index contributed by atoms with van der Waals surface area (Å²) in [6, 6.07) is 21.1. The van der Waals surface area contributed by atoms with Gasteiger partial charge in [0.05, 0.1) is 11.6 Å². The van der Waals surface area contributed by atoms with Crippen LogP contribution in [0.2, 0.25) is 0 Å². The molecule has 0 N–H and O–H groups in total. The number of rotatable bonds is 5. The first-order valence-electron chi connectivity index (χ1n) is 9.35. The molecule has 0 aliphatic carbocycles. The van der Waals surface area contributed by atoms with Crippen LogP contribution >= 0.6 is 0 Å². The predicted molar refractivity (Wildman–Crippen MR) is 112 cm³/mol. The molecule has 0 aliphatic rings. The zero-order valence-electron chi connectivity index (χ0n) is 15.4. The van der Waals surface area contributed by atoms with Crippen LogP contribution in [-0.4, -0.2) is 9.55 Å². The number of unbranched alkanes of at least 4 members (excludes halogenated alkanes) is 1. The summed E-state index contributed by atoms with van der Waals surface area (Å²) in [5.74, 6) is 0. The lowest BCUT2D eigenvalue weighted by atomic mass is 10.0. The van der Waals surface area contributed by atoms with E-state index in [9.17, 15) is 5.26 Å². The van der Waals surface area contributed by atoms with Gasteiger partial charge in [-0.2, -0.15) is 5.26 Å². The number of allylic oxidation sites excluding steroid dienone is 1. The molecule has 0 bridgehead atoms. The molecule has 0 spiro atoms. The molecular weight excluding hydrogens is 330 g/mol. The maximum atomic E-state index is 9.58. The van der Waals surface area contributed by atoms with E-state index in [1.165, 1.54) is 28.2 Å². The van der Waals surface area contributed by atoms with Crippen molar-refractivity contribution in [1.82, 2.24) is 9.55 Å². The van der Waals surface area contributed by atoms with Crippen molar-refractivity contribution in [2.45, 2.75) is 26.3 Å². The smallest absolute Gasteiger partial charge is 0.0998 e. The van der Waals surface area contributed by atoms with Crippen molar-refractivity contribution in [3.63, 3.8) is 0 Å². The minimum absolute atomic E-state index is 0.622. The molecule has 4 rings (SSSR count). The summed E-state index contributed by atoms with van der Waals surface area (Å²) < 4.78 is 2.41. The summed E-state index contributed by atoms with van der Waals surface area (Å²) in [4.78, 5) is 4.12. The molecule has 0 unspecified atom stereocenters. The van der Waals surface area contributed by atoms with Gasteiger partial charge in [-0.3, -0.25) is 4.98 Å². The minimum Gasteiger partial charge on any atom is -0.340 e. The summed E-state index contributed by atoms with van der Waals surface area (Å²) in [7, 11) is 0. The topological polar surface area (TPSA) is 41.6 Å². The van der Waals surface area contributed by atoms with E-state index in [0.717, 1.165) is 24.1 Å². The Bertz CT molecular complexity index is 1160. The lowest BCUT2D eigenvalue weighted by molar-refractivity contribution is 0.665. The van der Waals surface area contributed by atoms with Crippen molar-refractivity contribution in [2.75, 3.05) is 0 Å². The summed E-state index contributed by atoms with van der Waals surface area (Å²) in [5, 5.41) is 12.1. The van der Waals surface area contributed by atoms with E-state index in [-0.39, 0.29) is 0 Å². The van der Waals surface area contributed by atoms with Gasteiger partial charge in [0.2, 0.25) is 0 Å². The fourth-order valence-corrected chi connectivity index (χ4v) is 3.59. The Morgan fingerprint density at radius 1 is 1.07 bits per heavy atom. The number of hydrogen-bond acceptors (Lipinski definition) is 2. The van der Waals surface area contributed by atoms with E-state index in [2.05, 4.69) is 65.0 Å². The molecule has 0 amide bonds. The van der Waals surface area contributed by atoms with Gasteiger partial charge in [-0.25, -0.2) is 0 Å². The molecule has 0 saturated heterocycles. The predicted octanol–water partition coefficient (Wildman–Crippen LogP) is 6.05. The lowest BCUT2D eigenvalue weighted by Crippen LogP contribution is -1.96. The summed E-state index contributed by atoms with van der Waals surface area (Å²) in [6.45, 7) is 3.24. The van der Waals surface area contributed by atoms with Crippen molar-refractivity contribution >= 4 is 33.5 Å². The standard InChI is InChI=1S/C24H21N3/c1-2-3-13-27-23-9-5-4-8-21(23)22-15-18(10-11-24(22)27)14-20(16-25)19-7-6-12-26-17-19/h4-12,14-15,17H,2-3,13H2,1H3/b20-14+. The van der Waals surface area contributed by atoms with Gasteiger partial charge in [0.1, 0.15) is 0 Å². The molecular formula is C24H21N3. The molecule has 0 fully saturated rings. The van der Waals surface area contributed by atoms with Gasteiger partial charge in [-0.15, -0.1) is 0 Å². The highest BCUT2D eigenvalue weighted by Crippen LogP contribution is 2.31. The number of fused-ring (bicyclic) bond motifs is 3. The maximum Gasteiger partial charge on any atom is 0.0998 e. The van der Waals surface area contributed by atoms with Crippen LogP contribution in [0.5, 0.6) is 0 Å². The Kier molecular flexibility index (Phi) is 4.72. The van der Waals surface area contributed by atoms with Crippen LogP contribution in [0.15, 0.2) is 67.0 Å². The Morgan fingerprint density at radius 3 is 2.70 bits per heavy atom. The lowest BCUT2D eigenvalue weighted by Gasteiger charge is -2.06. The van der Waals surface area contributed by atoms with Gasteiger partial charge in [-0.05, 0) is 42.3 Å². The third-order valence-corrected chi connectivity index (χ3v) is 4.94. The Balaban J connectivity index is 1.86. The molecule has 0 saturated carbocycles. The van der Waals surface area contributed by atoms with E-state index in [0.29, 0.717) is 5.57 Å². The molecule has 2 heterocycles. The summed E-state index contributed by atoms with van der Waals surface area (Å²) in [5.41, 5.74) is 5.01. The SMILES string of the molecule is CCCCn1c2ccccc2c2cc(/C=C(\C#N)c3cccnc3)ccc21. The Labute approximate surface area is 159 Å². The molecule has 132 valence electrons. The van der Waals surface area contributed by atoms with Crippen LogP contribution in [0, 0.1) is 11.3 Å². The third kappa shape index (κ3) is 3.22. The zero-order chi connectivity index (χ0) is 18.6. The highest BCUT2D eigenvalue weighted by molar-refractivity contribution is 6.09. The quantitative estimate of drug-likeness (QED) is 0.410. The highest BCUT2D eigenvalue weighted by Gasteiger charge is 2.10. The number of nitriles is 1. The first-order chi connectivity index (χ1) is 13.3. The van der Waals surface area contributed by atoms with E-state index < -0.39 is 0 Å². The second-order valence-electron chi connectivity index (χ2n) is 6.71. The van der Waals surface area contributed by atoms with E-state index >= 15 is 0 Å². The van der Waals surface area contributed by atoms with Crippen molar-refractivity contribution in [1.29, 1.82) is 5.26 Å². The fourth-order valence-electron chi connectivity index (χ4n) is 3.59. The average Bonchev–Trinajstić information content (AvgIpc) is 3.04. The van der Waals surface area contributed by atoms with Crippen LogP contribution in [0.25, 0.3) is 33.5 Å². The van der Waals surface area contributed by atoms with Gasteiger partial charge < -0.3 is 4.57 Å². The molecule has 0 atom stereocenters. The highest BCUT2D eigenvalue weighted by atomic mass is 15.0. The van der Waals surface area contributed by atoms with Gasteiger partial charge >= 0.3 is 0 Å². The van der Waals surface area contributed by atoms with Crippen molar-refractivity contribution in [2.24, 2.45) is 0 Å². The number of para-hydroxylation sites is 1. The monoisotopic (exact) mass is 351 g/mol. The van der Waals surface area contributed by atoms with Gasteiger partial charge in [0.15, 0.2) is 0 Å². The fraction of sp³-hybridized carbons (Fsp3) is 0.167. The zero-order valence-corrected chi connectivity index (χ0v) is 15.4. The van der Waals surface area contributed by atoms with Gasteiger partial charge in [0, 0.05) is 46.3 Å². The third-order valence-electron chi connectivity index (χ3n) is 4.94. The number of aryl methyl sites for hydroxylation is 1.